The Labute approximate surface area is 318 Å². The maximum Gasteiger partial charge on any atom is 0.238 e. The number of hydrogen-bond acceptors (Lipinski definition) is 5. The number of hydrogen-bond donors (Lipinski definition) is 0. The van der Waals surface area contributed by atoms with Crippen LogP contribution >= 0.6 is 11.3 Å². The van der Waals surface area contributed by atoms with Gasteiger partial charge in [-0.05, 0) is 53.5 Å². The average molecular weight is 717 g/mol. The van der Waals surface area contributed by atoms with Crippen LogP contribution in [-0.2, 0) is 6.42 Å². The minimum absolute atomic E-state index is 0.0143. The second-order valence-corrected chi connectivity index (χ2v) is 15.0. The van der Waals surface area contributed by atoms with E-state index < -0.39 is 0 Å². The molecule has 2 atom stereocenters. The number of aromatic nitrogens is 4. The smallest absolute Gasteiger partial charge is 0.238 e. The highest BCUT2D eigenvalue weighted by Gasteiger charge is 2.32. The molecule has 0 radical (unpaired) electrons. The molecule has 5 nitrogen and oxygen atoms in total. The molecule has 0 amide bonds. The summed E-state index contributed by atoms with van der Waals surface area (Å²) in [5.74, 6) is 3.00. The molecule has 1 aliphatic heterocycles. The first kappa shape index (κ1) is 32.3. The van der Waals surface area contributed by atoms with Crippen molar-refractivity contribution in [2.45, 2.75) is 32.3 Å². The van der Waals surface area contributed by atoms with Gasteiger partial charge in [-0.1, -0.05) is 129 Å². The molecule has 1 aliphatic carbocycles. The Balaban J connectivity index is 1.16. The lowest BCUT2D eigenvalue weighted by Crippen LogP contribution is -2.15. The monoisotopic (exact) mass is 716 g/mol. The number of nitrogens with zero attached hydrogens (tertiary/aromatic N) is 4. The van der Waals surface area contributed by atoms with Gasteiger partial charge in [0.2, 0.25) is 5.95 Å². The van der Waals surface area contributed by atoms with E-state index in [0.29, 0.717) is 18.2 Å². The maximum atomic E-state index is 6.38. The molecule has 0 bridgehead atoms. The van der Waals surface area contributed by atoms with Crippen LogP contribution < -0.4 is 4.74 Å². The summed E-state index contributed by atoms with van der Waals surface area (Å²) in [6, 6.07) is 37.0. The van der Waals surface area contributed by atoms with Crippen molar-refractivity contribution < 1.29 is 4.74 Å². The third-order valence-corrected chi connectivity index (χ3v) is 12.1. The lowest BCUT2D eigenvalue weighted by Gasteiger charge is -2.14. The van der Waals surface area contributed by atoms with E-state index in [1.54, 1.807) is 0 Å². The molecule has 0 N–H and O–H groups in total. The van der Waals surface area contributed by atoms with Crippen LogP contribution in [0.4, 0.5) is 0 Å². The molecule has 10 rings (SSSR count). The molecule has 3 aromatic heterocycles. The highest BCUT2D eigenvalue weighted by atomic mass is 32.1. The van der Waals surface area contributed by atoms with Gasteiger partial charge >= 0.3 is 0 Å². The molecule has 4 heterocycles. The van der Waals surface area contributed by atoms with Gasteiger partial charge < -0.3 is 4.74 Å². The van der Waals surface area contributed by atoms with Crippen molar-refractivity contribution in [2.75, 3.05) is 0 Å². The van der Waals surface area contributed by atoms with Gasteiger partial charge in [0.1, 0.15) is 17.7 Å². The third-order valence-electron chi connectivity index (χ3n) is 10.8. The fourth-order valence-electron chi connectivity index (χ4n) is 8.25. The minimum Gasteiger partial charge on any atom is -0.485 e. The quantitative estimate of drug-likeness (QED) is 0.154. The zero-order chi connectivity index (χ0) is 36.5. The Hall–Kier alpha value is -6.37. The van der Waals surface area contributed by atoms with Crippen molar-refractivity contribution in [3.63, 3.8) is 0 Å². The van der Waals surface area contributed by atoms with Crippen LogP contribution in [0, 0.1) is 6.92 Å². The molecular formula is C48H36N4OS. The number of para-hydroxylation sites is 1. The number of allylic oxidation sites excluding steroid dienone is 4. The van der Waals surface area contributed by atoms with Crippen LogP contribution in [0.1, 0.15) is 35.5 Å². The maximum absolute atomic E-state index is 6.38. The summed E-state index contributed by atoms with van der Waals surface area (Å²) in [6.07, 6.45) is 11.0. The van der Waals surface area contributed by atoms with Gasteiger partial charge in [0.05, 0.1) is 5.52 Å². The largest absolute Gasteiger partial charge is 0.485 e. The van der Waals surface area contributed by atoms with Gasteiger partial charge in [0.25, 0.3) is 0 Å². The molecule has 6 heteroatoms. The van der Waals surface area contributed by atoms with Crippen LogP contribution in [0.3, 0.4) is 0 Å². The lowest BCUT2D eigenvalue weighted by atomic mass is 9.91. The first-order valence-corrected chi connectivity index (χ1v) is 19.2. The van der Waals surface area contributed by atoms with Crippen LogP contribution in [0.25, 0.3) is 76.2 Å². The first-order valence-electron chi connectivity index (χ1n) is 18.4. The first-order chi connectivity index (χ1) is 26.5. The number of rotatable bonds is 7. The Morgan fingerprint density at radius 3 is 2.41 bits per heavy atom. The Kier molecular flexibility index (Phi) is 7.56. The van der Waals surface area contributed by atoms with Crippen molar-refractivity contribution >= 4 is 48.0 Å². The SMILES string of the molecule is C=CC(=C)c1c(C)n(-c2nc(CC)nc(-c3ccc4c(c3)OC3C=CC=CC43)n2)c2c(-c3cccc(-c4cccc5c4sc4ccccc45)c3)cccc12. The Morgan fingerprint density at radius 1 is 0.796 bits per heavy atom. The summed E-state index contributed by atoms with van der Waals surface area (Å²) in [5.41, 5.74) is 10.6. The summed E-state index contributed by atoms with van der Waals surface area (Å²) in [4.78, 5) is 15.2. The van der Waals surface area contributed by atoms with Gasteiger partial charge in [-0.15, -0.1) is 11.3 Å². The molecule has 2 unspecified atom stereocenters. The fourth-order valence-corrected chi connectivity index (χ4v) is 9.49. The van der Waals surface area contributed by atoms with Gasteiger partial charge in [0, 0.05) is 65.8 Å². The number of fused-ring (bicyclic) bond motifs is 7. The lowest BCUT2D eigenvalue weighted by molar-refractivity contribution is 0.269. The van der Waals surface area contributed by atoms with Gasteiger partial charge in [-0.25, -0.2) is 4.98 Å². The summed E-state index contributed by atoms with van der Waals surface area (Å²) in [6.45, 7) is 12.7. The van der Waals surface area contributed by atoms with Crippen LogP contribution in [0.5, 0.6) is 5.75 Å². The van der Waals surface area contributed by atoms with Crippen molar-refractivity contribution in [1.29, 1.82) is 0 Å². The minimum atomic E-state index is 0.0143. The van der Waals surface area contributed by atoms with Crippen molar-refractivity contribution in [3.8, 4) is 45.3 Å². The highest BCUT2D eigenvalue weighted by Crippen LogP contribution is 2.44. The number of benzene rings is 5. The number of ether oxygens (including phenoxy) is 1. The summed E-state index contributed by atoms with van der Waals surface area (Å²) < 4.78 is 11.2. The molecule has 0 saturated heterocycles. The van der Waals surface area contributed by atoms with E-state index >= 15 is 0 Å². The molecule has 0 fully saturated rings. The Morgan fingerprint density at radius 2 is 1.56 bits per heavy atom. The Bertz CT molecular complexity index is 2930. The summed E-state index contributed by atoms with van der Waals surface area (Å²) in [5, 5.41) is 3.66. The van der Waals surface area contributed by atoms with E-state index in [4.69, 9.17) is 19.7 Å². The molecule has 5 aromatic carbocycles. The van der Waals surface area contributed by atoms with E-state index in [9.17, 15) is 0 Å². The molecule has 0 saturated carbocycles. The van der Waals surface area contributed by atoms with Crippen molar-refractivity contribution in [2.24, 2.45) is 0 Å². The second-order valence-electron chi connectivity index (χ2n) is 13.9. The van der Waals surface area contributed by atoms with Crippen LogP contribution in [0.15, 0.2) is 147 Å². The van der Waals surface area contributed by atoms with Crippen molar-refractivity contribution in [1.82, 2.24) is 19.5 Å². The van der Waals surface area contributed by atoms with Gasteiger partial charge in [0.15, 0.2) is 5.82 Å². The van der Waals surface area contributed by atoms with Crippen LogP contribution in [-0.4, -0.2) is 25.6 Å². The number of thiophene rings is 1. The zero-order valence-electron chi connectivity index (χ0n) is 30.1. The van der Waals surface area contributed by atoms with E-state index in [1.807, 2.05) is 17.4 Å². The zero-order valence-corrected chi connectivity index (χ0v) is 30.9. The standard InChI is InChI=1S/C48H36N4OS/c1-5-28(3)44-29(4)52(48-50-43(6-2)49-47(51-48)32-24-25-36-35-16-7-9-22-40(35)53-41(36)27-32)45-33(18-12-21-39(44)45)30-14-11-15-31(26-30)34-19-13-20-38-37-17-8-10-23-42(37)54-46(34)38/h5,7-27,35,40H,1,3,6H2,2,4H3. The normalized spacial score (nSPS) is 15.8. The second kappa shape index (κ2) is 12.6. The fraction of sp³-hybridized carbons (Fsp3) is 0.104. The predicted octanol–water partition coefficient (Wildman–Crippen LogP) is 12.2. The van der Waals surface area contributed by atoms with Gasteiger partial charge in [-0.3, -0.25) is 4.57 Å². The van der Waals surface area contributed by atoms with E-state index in [0.717, 1.165) is 56.0 Å². The van der Waals surface area contributed by atoms with Crippen LogP contribution in [0.2, 0.25) is 0 Å². The molecule has 8 aromatic rings. The molecule has 260 valence electrons. The van der Waals surface area contributed by atoms with E-state index in [2.05, 4.69) is 159 Å². The molecular weight excluding hydrogens is 681 g/mol. The molecule has 0 spiro atoms. The topological polar surface area (TPSA) is 52.8 Å². The average Bonchev–Trinajstić information content (AvgIpc) is 3.88. The molecule has 54 heavy (non-hydrogen) atoms. The predicted molar refractivity (Wildman–Crippen MR) is 225 cm³/mol. The van der Waals surface area contributed by atoms with E-state index in [1.165, 1.54) is 36.9 Å². The van der Waals surface area contributed by atoms with E-state index in [-0.39, 0.29) is 12.0 Å². The molecule has 2 aliphatic rings. The third kappa shape index (κ3) is 5.01. The highest BCUT2D eigenvalue weighted by molar-refractivity contribution is 7.26. The number of aryl methyl sites for hydroxylation is 1. The van der Waals surface area contributed by atoms with Crippen molar-refractivity contribution in [3.05, 3.63) is 169 Å². The van der Waals surface area contributed by atoms with Gasteiger partial charge in [-0.2, -0.15) is 9.97 Å². The summed E-state index contributed by atoms with van der Waals surface area (Å²) in [7, 11) is 0. The summed E-state index contributed by atoms with van der Waals surface area (Å²) >= 11 is 1.85.